The summed E-state index contributed by atoms with van der Waals surface area (Å²) in [6.07, 6.45) is 0.253. The maximum Gasteiger partial charge on any atom is 0.129 e. The van der Waals surface area contributed by atoms with Gasteiger partial charge in [0.15, 0.2) is 0 Å². The molecule has 0 spiro atoms. The number of hydrogen-bond acceptors (Lipinski definition) is 4. The van der Waals surface area contributed by atoms with Crippen LogP contribution in [0.3, 0.4) is 0 Å². The summed E-state index contributed by atoms with van der Waals surface area (Å²) in [4.78, 5) is 6.93. The van der Waals surface area contributed by atoms with Crippen LogP contribution < -0.4 is 10.2 Å². The Morgan fingerprint density at radius 2 is 2.32 bits per heavy atom. The number of anilines is 1. The number of nitrogens with one attached hydrogen (secondary N) is 1. The van der Waals surface area contributed by atoms with Crippen LogP contribution in [-0.4, -0.2) is 36.8 Å². The number of rotatable bonds is 4. The van der Waals surface area contributed by atoms with Gasteiger partial charge in [-0.25, -0.2) is 4.98 Å². The first-order valence-electron chi connectivity index (χ1n) is 6.81. The van der Waals surface area contributed by atoms with Crippen molar-refractivity contribution in [1.82, 2.24) is 10.3 Å². The molecule has 1 saturated heterocycles. The van der Waals surface area contributed by atoms with E-state index in [4.69, 9.17) is 16.3 Å². The molecule has 0 aromatic carbocycles. The lowest BCUT2D eigenvalue weighted by atomic mass is 10.2. The minimum absolute atomic E-state index is 0.253. The summed E-state index contributed by atoms with van der Waals surface area (Å²) in [5, 5.41) is 4.07. The third-order valence-electron chi connectivity index (χ3n) is 3.15. The number of nitrogens with zero attached hydrogens (tertiary/aromatic N) is 2. The molecule has 1 unspecified atom stereocenters. The van der Waals surface area contributed by atoms with Gasteiger partial charge < -0.3 is 15.0 Å². The van der Waals surface area contributed by atoms with Gasteiger partial charge in [0, 0.05) is 25.7 Å². The molecule has 0 saturated carbocycles. The van der Waals surface area contributed by atoms with Crippen molar-refractivity contribution in [2.75, 3.05) is 24.6 Å². The van der Waals surface area contributed by atoms with Gasteiger partial charge in [-0.15, -0.1) is 0 Å². The van der Waals surface area contributed by atoms with Crippen molar-refractivity contribution in [1.29, 1.82) is 0 Å². The Morgan fingerprint density at radius 3 is 3.00 bits per heavy atom. The van der Waals surface area contributed by atoms with E-state index >= 15 is 0 Å². The van der Waals surface area contributed by atoms with Crippen LogP contribution in [-0.2, 0) is 11.3 Å². The Morgan fingerprint density at radius 1 is 1.53 bits per heavy atom. The van der Waals surface area contributed by atoms with Gasteiger partial charge in [0.25, 0.3) is 0 Å². The molecular weight excluding hydrogens is 262 g/mol. The molecule has 1 aromatic rings. The summed E-state index contributed by atoms with van der Waals surface area (Å²) >= 11 is 6.20. The van der Waals surface area contributed by atoms with Gasteiger partial charge in [-0.05, 0) is 19.1 Å². The van der Waals surface area contributed by atoms with Crippen molar-refractivity contribution in [2.24, 2.45) is 0 Å². The molecule has 5 heteroatoms. The van der Waals surface area contributed by atoms with E-state index in [0.717, 1.165) is 36.2 Å². The first-order chi connectivity index (χ1) is 9.06. The zero-order valence-corrected chi connectivity index (χ0v) is 12.6. The highest BCUT2D eigenvalue weighted by Crippen LogP contribution is 2.21. The molecule has 1 N–H and O–H groups in total. The second kappa shape index (κ2) is 6.55. The number of aromatic nitrogens is 1. The van der Waals surface area contributed by atoms with Crippen LogP contribution in [0.5, 0.6) is 0 Å². The SMILES string of the molecule is CC(C)NCc1nc(N2CCOC(C)C2)ccc1Cl. The predicted molar refractivity (Wildman–Crippen MR) is 78.8 cm³/mol. The van der Waals surface area contributed by atoms with E-state index in [9.17, 15) is 0 Å². The second-order valence-corrected chi connectivity index (χ2v) is 5.67. The molecule has 2 heterocycles. The lowest BCUT2D eigenvalue weighted by Crippen LogP contribution is -2.41. The topological polar surface area (TPSA) is 37.4 Å². The number of hydrogen-bond donors (Lipinski definition) is 1. The quantitative estimate of drug-likeness (QED) is 0.921. The number of morpholine rings is 1. The minimum atomic E-state index is 0.253. The van der Waals surface area contributed by atoms with Crippen LogP contribution in [0, 0.1) is 0 Å². The van der Waals surface area contributed by atoms with Crippen LogP contribution in [0.2, 0.25) is 5.02 Å². The van der Waals surface area contributed by atoms with Gasteiger partial charge >= 0.3 is 0 Å². The van der Waals surface area contributed by atoms with Crippen molar-refractivity contribution in [3.05, 3.63) is 22.8 Å². The molecule has 0 aliphatic carbocycles. The highest BCUT2D eigenvalue weighted by molar-refractivity contribution is 6.31. The van der Waals surface area contributed by atoms with E-state index in [-0.39, 0.29) is 6.10 Å². The maximum atomic E-state index is 6.20. The molecule has 1 aliphatic heterocycles. The average Bonchev–Trinajstić information content (AvgIpc) is 2.37. The van der Waals surface area contributed by atoms with E-state index in [0.29, 0.717) is 12.6 Å². The Balaban J connectivity index is 2.10. The second-order valence-electron chi connectivity index (χ2n) is 5.26. The Hall–Kier alpha value is -0.840. The van der Waals surface area contributed by atoms with E-state index in [2.05, 4.69) is 36.0 Å². The van der Waals surface area contributed by atoms with Crippen molar-refractivity contribution < 1.29 is 4.74 Å². The van der Waals surface area contributed by atoms with Crippen molar-refractivity contribution in [3.63, 3.8) is 0 Å². The third-order valence-corrected chi connectivity index (χ3v) is 3.49. The highest BCUT2D eigenvalue weighted by Gasteiger charge is 2.18. The molecule has 19 heavy (non-hydrogen) atoms. The van der Waals surface area contributed by atoms with Crippen LogP contribution in [0.1, 0.15) is 26.5 Å². The van der Waals surface area contributed by atoms with Crippen LogP contribution in [0.15, 0.2) is 12.1 Å². The minimum Gasteiger partial charge on any atom is -0.375 e. The van der Waals surface area contributed by atoms with Gasteiger partial charge in [-0.3, -0.25) is 0 Å². The zero-order chi connectivity index (χ0) is 13.8. The third kappa shape index (κ3) is 4.06. The fourth-order valence-electron chi connectivity index (χ4n) is 2.10. The van der Waals surface area contributed by atoms with Gasteiger partial charge in [-0.2, -0.15) is 0 Å². The van der Waals surface area contributed by atoms with E-state index in [1.807, 2.05) is 12.1 Å². The van der Waals surface area contributed by atoms with Crippen LogP contribution in [0.25, 0.3) is 0 Å². The fraction of sp³-hybridized carbons (Fsp3) is 0.643. The van der Waals surface area contributed by atoms with Gasteiger partial charge in [0.05, 0.1) is 23.4 Å². The highest BCUT2D eigenvalue weighted by atomic mass is 35.5. The summed E-state index contributed by atoms with van der Waals surface area (Å²) in [5.74, 6) is 0.986. The molecule has 0 radical (unpaired) electrons. The predicted octanol–water partition coefficient (Wildman–Crippen LogP) is 2.46. The summed E-state index contributed by atoms with van der Waals surface area (Å²) < 4.78 is 5.55. The summed E-state index contributed by atoms with van der Waals surface area (Å²) in [6, 6.07) is 4.34. The number of ether oxygens (including phenoxy) is 1. The fourth-order valence-corrected chi connectivity index (χ4v) is 2.27. The van der Waals surface area contributed by atoms with Crippen LogP contribution >= 0.6 is 11.6 Å². The standard InChI is InChI=1S/C14H22ClN3O/c1-10(2)16-8-13-12(15)4-5-14(17-13)18-6-7-19-11(3)9-18/h4-5,10-11,16H,6-9H2,1-3H3. The Labute approximate surface area is 120 Å². The zero-order valence-electron chi connectivity index (χ0n) is 11.8. The molecule has 4 nitrogen and oxygen atoms in total. The van der Waals surface area contributed by atoms with E-state index in [1.54, 1.807) is 0 Å². The first-order valence-corrected chi connectivity index (χ1v) is 7.19. The van der Waals surface area contributed by atoms with Gasteiger partial charge in [-0.1, -0.05) is 25.4 Å². The first kappa shape index (κ1) is 14.6. The Bertz CT molecular complexity index is 425. The lowest BCUT2D eigenvalue weighted by molar-refractivity contribution is 0.0529. The normalized spacial score (nSPS) is 20.1. The van der Waals surface area contributed by atoms with Crippen LogP contribution in [0.4, 0.5) is 5.82 Å². The largest absolute Gasteiger partial charge is 0.375 e. The van der Waals surface area contributed by atoms with Crippen molar-refractivity contribution in [3.8, 4) is 0 Å². The van der Waals surface area contributed by atoms with E-state index < -0.39 is 0 Å². The molecule has 2 rings (SSSR count). The maximum absolute atomic E-state index is 6.20. The van der Waals surface area contributed by atoms with Gasteiger partial charge in [0.2, 0.25) is 0 Å². The number of halogens is 1. The molecule has 106 valence electrons. The smallest absolute Gasteiger partial charge is 0.129 e. The number of pyridine rings is 1. The monoisotopic (exact) mass is 283 g/mol. The summed E-state index contributed by atoms with van der Waals surface area (Å²) in [7, 11) is 0. The molecule has 1 fully saturated rings. The molecule has 1 aromatic heterocycles. The molecule has 0 bridgehead atoms. The molecule has 1 aliphatic rings. The Kier molecular flexibility index (Phi) is 5.02. The van der Waals surface area contributed by atoms with Crippen molar-refractivity contribution >= 4 is 17.4 Å². The molecule has 0 amide bonds. The summed E-state index contributed by atoms with van der Waals surface area (Å²) in [5.41, 5.74) is 0.909. The molecule has 1 atom stereocenters. The average molecular weight is 284 g/mol. The van der Waals surface area contributed by atoms with E-state index in [1.165, 1.54) is 0 Å². The van der Waals surface area contributed by atoms with Gasteiger partial charge in [0.1, 0.15) is 5.82 Å². The molecular formula is C14H22ClN3O. The summed E-state index contributed by atoms with van der Waals surface area (Å²) in [6.45, 7) is 9.53. The lowest BCUT2D eigenvalue weighted by Gasteiger charge is -2.32. The van der Waals surface area contributed by atoms with Crippen molar-refractivity contribution in [2.45, 2.75) is 39.5 Å².